The number of thiazole rings is 1. The number of halogens is 1. The normalized spacial score (nSPS) is 15.4. The molecule has 152 valence electrons. The van der Waals surface area contributed by atoms with Gasteiger partial charge in [-0.05, 0) is 25.1 Å². The van der Waals surface area contributed by atoms with Gasteiger partial charge in [0, 0.05) is 36.7 Å². The van der Waals surface area contributed by atoms with E-state index in [4.69, 9.17) is 0 Å². The van der Waals surface area contributed by atoms with Crippen molar-refractivity contribution in [2.24, 2.45) is 0 Å². The predicted octanol–water partition coefficient (Wildman–Crippen LogP) is -1.65. The number of benzene rings is 1. The first-order chi connectivity index (χ1) is 13.6. The molecule has 3 heterocycles. The van der Waals surface area contributed by atoms with Crippen LogP contribution in [0.1, 0.15) is 12.6 Å². The summed E-state index contributed by atoms with van der Waals surface area (Å²) in [5.41, 5.74) is 2.14. The number of aromatic nitrogens is 2. The third-order valence-electron chi connectivity index (χ3n) is 4.75. The molecule has 0 fully saturated rings. The Hall–Kier alpha value is -1.87. The molecule has 0 aliphatic carbocycles. The Morgan fingerprint density at radius 2 is 1.93 bits per heavy atom. The number of anilines is 1. The highest BCUT2D eigenvalue weighted by Gasteiger charge is 2.24. The summed E-state index contributed by atoms with van der Waals surface area (Å²) in [5.74, 6) is 0. The number of hydrogen-bond acceptors (Lipinski definition) is 5. The van der Waals surface area contributed by atoms with Gasteiger partial charge in [-0.1, -0.05) is 23.9 Å². The average Bonchev–Trinajstić information content (AvgIpc) is 3.20. The van der Waals surface area contributed by atoms with Crippen molar-refractivity contribution in [3.8, 4) is 0 Å². The summed E-state index contributed by atoms with van der Waals surface area (Å²) in [6.45, 7) is 3.20. The van der Waals surface area contributed by atoms with Crippen molar-refractivity contribution in [2.45, 2.75) is 24.9 Å². The van der Waals surface area contributed by atoms with Crippen molar-refractivity contribution in [2.75, 3.05) is 18.6 Å². The van der Waals surface area contributed by atoms with Gasteiger partial charge in [-0.25, -0.2) is 0 Å². The zero-order valence-electron chi connectivity index (χ0n) is 16.2. The quantitative estimate of drug-likeness (QED) is 0.444. The van der Waals surface area contributed by atoms with Gasteiger partial charge in [0.2, 0.25) is 5.69 Å². The maximum absolute atomic E-state index is 13.2. The largest absolute Gasteiger partial charge is 1.00 e. The molecule has 1 aliphatic heterocycles. The molecule has 4 rings (SSSR count). The standard InChI is InChI=1S/C21H22N3O2S2.BrH/c1-3-24-18(14-15-8-6-7-11-23(15)12-13-25)28-19(20(24)26)21-22(2)16-9-4-5-10-17(16)27-21;/h4-11,14,25H,3,12-13H2,1-2H3;1H/q+1;/p-1/b21-19+;. The molecule has 0 unspecified atom stereocenters. The monoisotopic (exact) mass is 491 g/mol. The number of fused-ring (bicyclic) bond motifs is 1. The number of thioether (sulfide) groups is 1. The van der Waals surface area contributed by atoms with Crippen molar-refractivity contribution >= 4 is 39.9 Å². The van der Waals surface area contributed by atoms with E-state index >= 15 is 0 Å². The molecule has 0 atom stereocenters. The topological polar surface area (TPSA) is 49.4 Å². The van der Waals surface area contributed by atoms with Crippen LogP contribution in [-0.2, 0) is 13.1 Å². The Kier molecular flexibility index (Phi) is 7.00. The molecule has 0 radical (unpaired) electrons. The van der Waals surface area contributed by atoms with Crippen LogP contribution in [0.2, 0.25) is 0 Å². The minimum atomic E-state index is 0. The molecular formula is C21H22BrN3O2S2. The Labute approximate surface area is 188 Å². The van der Waals surface area contributed by atoms with E-state index in [1.807, 2.05) is 65.7 Å². The Morgan fingerprint density at radius 3 is 2.66 bits per heavy atom. The average molecular weight is 492 g/mol. The highest BCUT2D eigenvalue weighted by molar-refractivity contribution is 8.08. The number of aliphatic hydroxyl groups is 1. The molecule has 1 N–H and O–H groups in total. The Bertz CT molecular complexity index is 1200. The third kappa shape index (κ3) is 4.07. The third-order valence-corrected chi connectivity index (χ3v) is 7.23. The molecule has 0 saturated carbocycles. The lowest BCUT2D eigenvalue weighted by Crippen LogP contribution is -3.00. The van der Waals surface area contributed by atoms with E-state index in [1.54, 1.807) is 11.8 Å². The summed E-state index contributed by atoms with van der Waals surface area (Å²) in [6.07, 6.45) is 3.97. The molecule has 2 aromatic heterocycles. The molecule has 0 amide bonds. The van der Waals surface area contributed by atoms with Gasteiger partial charge in [-0.2, -0.15) is 4.57 Å². The van der Waals surface area contributed by atoms with Crippen LogP contribution < -0.4 is 41.2 Å². The second-order valence-corrected chi connectivity index (χ2v) is 8.50. The van der Waals surface area contributed by atoms with Crippen LogP contribution in [0.15, 0.2) is 58.4 Å². The van der Waals surface area contributed by atoms with E-state index in [9.17, 15) is 9.90 Å². The zero-order valence-corrected chi connectivity index (χ0v) is 19.4. The maximum atomic E-state index is 13.2. The van der Waals surface area contributed by atoms with E-state index in [0.29, 0.717) is 13.1 Å². The van der Waals surface area contributed by atoms with Gasteiger partial charge in [0.1, 0.15) is 20.8 Å². The summed E-state index contributed by atoms with van der Waals surface area (Å²) >= 11 is 3.17. The van der Waals surface area contributed by atoms with Crippen molar-refractivity contribution in [3.05, 3.63) is 73.9 Å². The van der Waals surface area contributed by atoms with E-state index in [0.717, 1.165) is 25.6 Å². The summed E-state index contributed by atoms with van der Waals surface area (Å²) in [4.78, 5) is 16.4. The lowest BCUT2D eigenvalue weighted by molar-refractivity contribution is -0.699. The first-order valence-corrected chi connectivity index (χ1v) is 10.8. The number of nitrogens with zero attached hydrogens (tertiary/aromatic N) is 3. The van der Waals surface area contributed by atoms with Gasteiger partial charge in [0.25, 0.3) is 5.56 Å². The summed E-state index contributed by atoms with van der Waals surface area (Å²) in [7, 11) is 2.01. The van der Waals surface area contributed by atoms with Gasteiger partial charge in [0.15, 0.2) is 12.7 Å². The van der Waals surface area contributed by atoms with Crippen molar-refractivity contribution in [1.82, 2.24) is 4.57 Å². The van der Waals surface area contributed by atoms with Crippen LogP contribution in [0.5, 0.6) is 0 Å². The number of pyridine rings is 1. The molecular weight excluding hydrogens is 470 g/mol. The van der Waals surface area contributed by atoms with E-state index in [2.05, 4.69) is 17.0 Å². The van der Waals surface area contributed by atoms with E-state index in [-0.39, 0.29) is 29.1 Å². The fourth-order valence-electron chi connectivity index (χ4n) is 3.33. The maximum Gasteiger partial charge on any atom is 0.271 e. The van der Waals surface area contributed by atoms with Crippen LogP contribution in [0, 0.1) is 0 Å². The van der Waals surface area contributed by atoms with Crippen LogP contribution in [0.25, 0.3) is 11.1 Å². The van der Waals surface area contributed by atoms with Gasteiger partial charge < -0.3 is 27.0 Å². The van der Waals surface area contributed by atoms with Crippen molar-refractivity contribution in [3.63, 3.8) is 0 Å². The van der Waals surface area contributed by atoms with Crippen LogP contribution in [-0.4, -0.2) is 23.3 Å². The predicted molar refractivity (Wildman–Crippen MR) is 115 cm³/mol. The smallest absolute Gasteiger partial charge is 0.271 e. The molecule has 8 heteroatoms. The molecule has 1 aliphatic rings. The molecule has 0 bridgehead atoms. The number of rotatable bonds is 4. The van der Waals surface area contributed by atoms with E-state index < -0.39 is 0 Å². The summed E-state index contributed by atoms with van der Waals surface area (Å²) < 4.78 is 5.49. The summed E-state index contributed by atoms with van der Waals surface area (Å²) in [6, 6.07) is 14.1. The first kappa shape index (κ1) is 21.8. The number of hydrogen-bond donors (Lipinski definition) is 1. The molecule has 0 saturated heterocycles. The Balaban J connectivity index is 0.00000240. The summed E-state index contributed by atoms with van der Waals surface area (Å²) in [5, 5.41) is 10.3. The van der Waals surface area contributed by atoms with Gasteiger partial charge in [-0.3, -0.25) is 9.36 Å². The van der Waals surface area contributed by atoms with Gasteiger partial charge >= 0.3 is 0 Å². The van der Waals surface area contributed by atoms with Crippen LogP contribution >= 0.6 is 23.1 Å². The Morgan fingerprint density at radius 1 is 1.17 bits per heavy atom. The van der Waals surface area contributed by atoms with Crippen molar-refractivity contribution in [1.29, 1.82) is 0 Å². The second kappa shape index (κ2) is 9.30. The van der Waals surface area contributed by atoms with E-state index in [1.165, 1.54) is 16.2 Å². The van der Waals surface area contributed by atoms with Crippen molar-refractivity contribution < 1.29 is 26.7 Å². The molecule has 0 spiro atoms. The van der Waals surface area contributed by atoms with Gasteiger partial charge in [0.05, 0.1) is 5.69 Å². The fraction of sp³-hybridized carbons (Fsp3) is 0.238. The number of para-hydroxylation sites is 1. The van der Waals surface area contributed by atoms with Crippen LogP contribution in [0.3, 0.4) is 0 Å². The highest BCUT2D eigenvalue weighted by Crippen LogP contribution is 2.44. The minimum absolute atomic E-state index is 0. The SMILES string of the molecule is CCn1c(=O)/c(=C2\Sc3ccccc3N2C)s/c1=C\c1cccc[n+]1CCO.[Br-]. The zero-order chi connectivity index (χ0) is 19.7. The molecule has 3 aromatic rings. The highest BCUT2D eigenvalue weighted by atomic mass is 79.9. The molecule has 1 aromatic carbocycles. The lowest BCUT2D eigenvalue weighted by atomic mass is 10.3. The number of aliphatic hydroxyl groups excluding tert-OH is 1. The lowest BCUT2D eigenvalue weighted by Gasteiger charge is -2.11. The molecule has 5 nitrogen and oxygen atoms in total. The molecule has 29 heavy (non-hydrogen) atoms. The van der Waals surface area contributed by atoms with Gasteiger partial charge in [-0.15, -0.1) is 11.3 Å². The minimum Gasteiger partial charge on any atom is -1.00 e. The second-order valence-electron chi connectivity index (χ2n) is 6.44. The first-order valence-electron chi connectivity index (χ1n) is 9.19. The fourth-order valence-corrected chi connectivity index (χ4v) is 5.79. The van der Waals surface area contributed by atoms with Crippen LogP contribution in [0.4, 0.5) is 5.69 Å².